The quantitative estimate of drug-likeness (QED) is 0.865. The Morgan fingerprint density at radius 3 is 3.00 bits per heavy atom. The molecule has 2 heterocycles. The van der Waals surface area contributed by atoms with Crippen molar-refractivity contribution >= 4 is 21.7 Å². The van der Waals surface area contributed by atoms with E-state index in [2.05, 4.69) is 36.2 Å². The maximum absolute atomic E-state index is 4.08. The van der Waals surface area contributed by atoms with Crippen molar-refractivity contribution in [3.63, 3.8) is 0 Å². The van der Waals surface area contributed by atoms with Crippen LogP contribution >= 0.6 is 15.9 Å². The molecule has 0 unspecified atom stereocenters. The first-order valence-electron chi connectivity index (χ1n) is 4.45. The molecule has 0 aromatic carbocycles. The van der Waals surface area contributed by atoms with Crippen LogP contribution in [-0.2, 0) is 6.54 Å². The molecule has 0 saturated carbocycles. The lowest BCUT2D eigenvalue weighted by Gasteiger charge is -2.04. The number of halogens is 1. The first-order chi connectivity index (χ1) is 7.34. The number of nitrogens with one attached hydrogen (secondary N) is 1. The van der Waals surface area contributed by atoms with Gasteiger partial charge in [0.2, 0.25) is 0 Å². The third-order valence-corrected chi connectivity index (χ3v) is 2.26. The van der Waals surface area contributed by atoms with Crippen molar-refractivity contribution in [3.05, 3.63) is 47.1 Å². The minimum Gasteiger partial charge on any atom is -0.366 e. The van der Waals surface area contributed by atoms with Crippen molar-refractivity contribution in [1.29, 1.82) is 0 Å². The van der Waals surface area contributed by atoms with Gasteiger partial charge in [-0.15, -0.1) is 0 Å². The zero-order chi connectivity index (χ0) is 10.5. The van der Waals surface area contributed by atoms with E-state index >= 15 is 0 Å². The van der Waals surface area contributed by atoms with Crippen LogP contribution in [0.4, 0.5) is 5.82 Å². The van der Waals surface area contributed by atoms with Crippen LogP contribution in [0.25, 0.3) is 0 Å². The van der Waals surface area contributed by atoms with E-state index < -0.39 is 0 Å². The molecule has 1 N–H and O–H groups in total. The van der Waals surface area contributed by atoms with E-state index in [1.807, 2.05) is 24.4 Å². The second-order valence-corrected chi connectivity index (χ2v) is 3.75. The summed E-state index contributed by atoms with van der Waals surface area (Å²) in [6, 6.07) is 5.75. The predicted molar refractivity (Wildman–Crippen MR) is 61.3 cm³/mol. The normalized spacial score (nSPS) is 9.93. The molecule has 2 rings (SSSR count). The maximum Gasteiger partial charge on any atom is 0.130 e. The second kappa shape index (κ2) is 4.84. The minimum atomic E-state index is 0.706. The Bertz CT molecular complexity index is 432. The summed E-state index contributed by atoms with van der Waals surface area (Å²) in [5, 5.41) is 3.18. The maximum atomic E-state index is 4.08. The Morgan fingerprint density at radius 1 is 1.33 bits per heavy atom. The van der Waals surface area contributed by atoms with E-state index in [-0.39, 0.29) is 0 Å². The standard InChI is InChI=1S/C10H9BrN4/c11-9-4-10(15-7-14-9)13-6-8-2-1-3-12-5-8/h1-5,7H,6H2,(H,13,14,15). The molecule has 0 aliphatic heterocycles. The molecule has 5 heteroatoms. The lowest BCUT2D eigenvalue weighted by Crippen LogP contribution is -2.01. The van der Waals surface area contributed by atoms with Gasteiger partial charge in [-0.3, -0.25) is 4.98 Å². The lowest BCUT2D eigenvalue weighted by molar-refractivity contribution is 1.06. The van der Waals surface area contributed by atoms with Gasteiger partial charge in [-0.2, -0.15) is 0 Å². The van der Waals surface area contributed by atoms with Crippen molar-refractivity contribution in [3.8, 4) is 0 Å². The fourth-order valence-electron chi connectivity index (χ4n) is 1.13. The molecule has 76 valence electrons. The van der Waals surface area contributed by atoms with Gasteiger partial charge < -0.3 is 5.32 Å². The van der Waals surface area contributed by atoms with Crippen molar-refractivity contribution in [1.82, 2.24) is 15.0 Å². The number of hydrogen-bond donors (Lipinski definition) is 1. The fourth-order valence-corrected chi connectivity index (χ4v) is 1.43. The van der Waals surface area contributed by atoms with Gasteiger partial charge in [0.25, 0.3) is 0 Å². The molecule has 0 atom stereocenters. The zero-order valence-electron chi connectivity index (χ0n) is 7.89. The molecule has 0 bridgehead atoms. The molecule has 4 nitrogen and oxygen atoms in total. The van der Waals surface area contributed by atoms with Gasteiger partial charge in [0.05, 0.1) is 0 Å². The lowest BCUT2D eigenvalue weighted by atomic mass is 10.3. The van der Waals surface area contributed by atoms with Gasteiger partial charge in [0.15, 0.2) is 0 Å². The van der Waals surface area contributed by atoms with E-state index in [0.717, 1.165) is 16.0 Å². The van der Waals surface area contributed by atoms with Crippen LogP contribution in [-0.4, -0.2) is 15.0 Å². The highest BCUT2D eigenvalue weighted by atomic mass is 79.9. The average molecular weight is 265 g/mol. The molecule has 0 amide bonds. The highest BCUT2D eigenvalue weighted by Gasteiger charge is 1.96. The summed E-state index contributed by atoms with van der Waals surface area (Å²) < 4.78 is 0.770. The van der Waals surface area contributed by atoms with E-state index in [1.165, 1.54) is 6.33 Å². The molecule has 0 spiro atoms. The van der Waals surface area contributed by atoms with Gasteiger partial charge in [0.1, 0.15) is 16.7 Å². The zero-order valence-corrected chi connectivity index (χ0v) is 9.48. The van der Waals surface area contributed by atoms with Crippen molar-refractivity contribution < 1.29 is 0 Å². The number of rotatable bonds is 3. The summed E-state index contributed by atoms with van der Waals surface area (Å²) in [5.74, 6) is 0.792. The Kier molecular flexibility index (Phi) is 3.24. The van der Waals surface area contributed by atoms with Crippen LogP contribution in [0.2, 0.25) is 0 Å². The highest BCUT2D eigenvalue weighted by molar-refractivity contribution is 9.10. The summed E-state index contributed by atoms with van der Waals surface area (Å²) in [6.45, 7) is 0.706. The van der Waals surface area contributed by atoms with Gasteiger partial charge in [-0.05, 0) is 27.6 Å². The summed E-state index contributed by atoms with van der Waals surface area (Å²) >= 11 is 3.28. The van der Waals surface area contributed by atoms with Gasteiger partial charge in [0, 0.05) is 25.0 Å². The monoisotopic (exact) mass is 264 g/mol. The van der Waals surface area contributed by atoms with Gasteiger partial charge in [-0.1, -0.05) is 6.07 Å². The topological polar surface area (TPSA) is 50.7 Å². The molecule has 0 aliphatic carbocycles. The molecule has 2 aromatic heterocycles. The van der Waals surface area contributed by atoms with E-state index in [9.17, 15) is 0 Å². The van der Waals surface area contributed by atoms with Crippen molar-refractivity contribution in [2.24, 2.45) is 0 Å². The summed E-state index contributed by atoms with van der Waals surface area (Å²) in [5.41, 5.74) is 1.12. The highest BCUT2D eigenvalue weighted by Crippen LogP contribution is 2.10. The van der Waals surface area contributed by atoms with Crippen molar-refractivity contribution in [2.45, 2.75) is 6.54 Å². The summed E-state index contributed by atoms with van der Waals surface area (Å²) in [7, 11) is 0. The van der Waals surface area contributed by atoms with Crippen LogP contribution in [0.3, 0.4) is 0 Å². The molecular weight excluding hydrogens is 256 g/mol. The van der Waals surface area contributed by atoms with Crippen molar-refractivity contribution in [2.75, 3.05) is 5.32 Å². The Balaban J connectivity index is 1.99. The van der Waals surface area contributed by atoms with E-state index in [4.69, 9.17) is 0 Å². The molecule has 0 radical (unpaired) electrons. The largest absolute Gasteiger partial charge is 0.366 e. The number of anilines is 1. The summed E-state index contributed by atoms with van der Waals surface area (Å²) in [4.78, 5) is 12.1. The van der Waals surface area contributed by atoms with E-state index in [1.54, 1.807) is 6.20 Å². The van der Waals surface area contributed by atoms with Crippen LogP contribution < -0.4 is 5.32 Å². The van der Waals surface area contributed by atoms with Crippen LogP contribution in [0, 0.1) is 0 Å². The van der Waals surface area contributed by atoms with Gasteiger partial charge >= 0.3 is 0 Å². The number of hydrogen-bond acceptors (Lipinski definition) is 4. The number of pyridine rings is 1. The van der Waals surface area contributed by atoms with Crippen LogP contribution in [0.1, 0.15) is 5.56 Å². The first-order valence-corrected chi connectivity index (χ1v) is 5.24. The van der Waals surface area contributed by atoms with Crippen LogP contribution in [0.15, 0.2) is 41.5 Å². The smallest absolute Gasteiger partial charge is 0.130 e. The Hall–Kier alpha value is -1.49. The molecule has 0 aliphatic rings. The fraction of sp³-hybridized carbons (Fsp3) is 0.100. The summed E-state index contributed by atoms with van der Waals surface area (Å²) in [6.07, 6.45) is 5.09. The molecule has 0 saturated heterocycles. The third-order valence-electron chi connectivity index (χ3n) is 1.83. The second-order valence-electron chi connectivity index (χ2n) is 2.94. The van der Waals surface area contributed by atoms with E-state index in [0.29, 0.717) is 6.54 Å². The minimum absolute atomic E-state index is 0.706. The number of aromatic nitrogens is 3. The average Bonchev–Trinajstić information content (AvgIpc) is 2.28. The molecule has 15 heavy (non-hydrogen) atoms. The predicted octanol–water partition coefficient (Wildman–Crippen LogP) is 2.25. The molecule has 0 fully saturated rings. The Labute approximate surface area is 95.9 Å². The first kappa shape index (κ1) is 10.0. The SMILES string of the molecule is Brc1cc(NCc2cccnc2)ncn1. The molecular formula is C10H9BrN4. The Morgan fingerprint density at radius 2 is 2.27 bits per heavy atom. The third kappa shape index (κ3) is 2.99. The number of nitrogens with zero attached hydrogens (tertiary/aromatic N) is 3. The molecule has 2 aromatic rings. The van der Waals surface area contributed by atoms with Crippen LogP contribution in [0.5, 0.6) is 0 Å². The van der Waals surface area contributed by atoms with Gasteiger partial charge in [-0.25, -0.2) is 9.97 Å².